The minimum Gasteiger partial charge on any atom is -0.490 e. The van der Waals surface area contributed by atoms with Gasteiger partial charge in [0.25, 0.3) is 5.69 Å². The van der Waals surface area contributed by atoms with E-state index in [0.29, 0.717) is 18.3 Å². The predicted octanol–water partition coefficient (Wildman–Crippen LogP) is 4.63. The number of thiol groups is 1. The Morgan fingerprint density at radius 2 is 1.95 bits per heavy atom. The first-order chi connectivity index (χ1) is 8.95. The Hall–Kier alpha value is -0.650. The van der Waals surface area contributed by atoms with Crippen LogP contribution in [0.3, 0.4) is 0 Å². The van der Waals surface area contributed by atoms with Crippen LogP contribution >= 0.6 is 35.8 Å². The summed E-state index contributed by atoms with van der Waals surface area (Å²) in [5.41, 5.74) is -0.147. The molecule has 0 heterocycles. The van der Waals surface area contributed by atoms with Crippen LogP contribution < -0.4 is 4.74 Å². The number of nitro benzene ring substituents is 1. The van der Waals surface area contributed by atoms with Crippen molar-refractivity contribution < 1.29 is 9.66 Å². The second-order valence-corrected chi connectivity index (χ2v) is 5.51. The number of nitrogens with zero attached hydrogens (tertiary/aromatic N) is 1. The molecule has 106 valence electrons. The van der Waals surface area contributed by atoms with Crippen molar-refractivity contribution in [3.05, 3.63) is 32.3 Å². The predicted molar refractivity (Wildman–Crippen MR) is 80.9 cm³/mol. The number of non-ortho nitro benzene ring substituents is 1. The van der Waals surface area contributed by atoms with Crippen LogP contribution in [0.5, 0.6) is 5.75 Å². The molecule has 0 spiro atoms. The van der Waals surface area contributed by atoms with Gasteiger partial charge < -0.3 is 4.74 Å². The normalized spacial score (nSPS) is 12.2. The summed E-state index contributed by atoms with van der Waals surface area (Å²) in [6, 6.07) is 2.47. The van der Waals surface area contributed by atoms with Gasteiger partial charge in [0.05, 0.1) is 21.6 Å². The molecule has 7 heteroatoms. The Balaban J connectivity index is 2.66. The van der Waals surface area contributed by atoms with Gasteiger partial charge in [-0.1, -0.05) is 30.1 Å². The molecule has 0 aliphatic carbocycles. The summed E-state index contributed by atoms with van der Waals surface area (Å²) in [7, 11) is 0. The number of rotatable bonds is 7. The summed E-state index contributed by atoms with van der Waals surface area (Å²) < 4.78 is 5.51. The fourth-order valence-electron chi connectivity index (χ4n) is 1.52. The molecule has 0 bridgehead atoms. The number of halogens is 2. The largest absolute Gasteiger partial charge is 0.490 e. The van der Waals surface area contributed by atoms with Gasteiger partial charge in [0.1, 0.15) is 0 Å². The number of benzene rings is 1. The van der Waals surface area contributed by atoms with Crippen molar-refractivity contribution >= 4 is 41.5 Å². The number of hydrogen-bond donors (Lipinski definition) is 1. The van der Waals surface area contributed by atoms with Gasteiger partial charge in [-0.05, 0) is 24.5 Å². The van der Waals surface area contributed by atoms with Crippen molar-refractivity contribution in [1.29, 1.82) is 0 Å². The maximum atomic E-state index is 10.6. The highest BCUT2D eigenvalue weighted by molar-refractivity contribution is 7.80. The lowest BCUT2D eigenvalue weighted by atomic mass is 10.1. The van der Waals surface area contributed by atoms with Gasteiger partial charge >= 0.3 is 0 Å². The molecular formula is C12H15Cl2NO3S. The third-order valence-electron chi connectivity index (χ3n) is 2.67. The van der Waals surface area contributed by atoms with Crippen molar-refractivity contribution in [1.82, 2.24) is 0 Å². The molecular weight excluding hydrogens is 309 g/mol. The highest BCUT2D eigenvalue weighted by Gasteiger charge is 2.15. The van der Waals surface area contributed by atoms with E-state index in [9.17, 15) is 10.1 Å². The van der Waals surface area contributed by atoms with Gasteiger partial charge in [0.2, 0.25) is 0 Å². The first-order valence-corrected chi connectivity index (χ1v) is 7.21. The molecule has 0 radical (unpaired) electrons. The quantitative estimate of drug-likeness (QED) is 0.452. The van der Waals surface area contributed by atoms with Gasteiger partial charge in [-0.2, -0.15) is 12.6 Å². The molecule has 0 amide bonds. The molecule has 0 aliphatic rings. The minimum absolute atomic E-state index is 0.147. The molecule has 1 rings (SSSR count). The number of ether oxygens (including phenoxy) is 1. The van der Waals surface area contributed by atoms with Crippen LogP contribution in [0.1, 0.15) is 19.8 Å². The van der Waals surface area contributed by atoms with Crippen molar-refractivity contribution in [3.63, 3.8) is 0 Å². The molecule has 1 aromatic carbocycles. The lowest BCUT2D eigenvalue weighted by molar-refractivity contribution is -0.384. The van der Waals surface area contributed by atoms with E-state index in [-0.39, 0.29) is 15.7 Å². The Morgan fingerprint density at radius 1 is 1.37 bits per heavy atom. The first-order valence-electron chi connectivity index (χ1n) is 5.82. The Bertz CT molecular complexity index is 434. The monoisotopic (exact) mass is 323 g/mol. The van der Waals surface area contributed by atoms with E-state index in [0.717, 1.165) is 18.6 Å². The van der Waals surface area contributed by atoms with Gasteiger partial charge in [0.15, 0.2) is 5.75 Å². The van der Waals surface area contributed by atoms with E-state index in [4.69, 9.17) is 27.9 Å². The van der Waals surface area contributed by atoms with Gasteiger partial charge in [-0.3, -0.25) is 10.1 Å². The van der Waals surface area contributed by atoms with E-state index >= 15 is 0 Å². The van der Waals surface area contributed by atoms with Gasteiger partial charge in [-0.15, -0.1) is 0 Å². The summed E-state index contributed by atoms with van der Waals surface area (Å²) in [5.74, 6) is 1.63. The molecule has 4 nitrogen and oxygen atoms in total. The minimum atomic E-state index is -0.545. The van der Waals surface area contributed by atoms with Crippen LogP contribution in [0.15, 0.2) is 12.1 Å². The Morgan fingerprint density at radius 3 is 2.42 bits per heavy atom. The van der Waals surface area contributed by atoms with E-state index < -0.39 is 4.92 Å². The van der Waals surface area contributed by atoms with E-state index in [1.54, 1.807) is 0 Å². The highest BCUT2D eigenvalue weighted by atomic mass is 35.5. The number of nitro groups is 1. The standard InChI is InChI=1S/C12H15Cl2NO3S/c1-8(3-5-19)2-4-18-12-10(13)6-9(15(16)17)7-11(12)14/h6-8,19H,2-5H2,1H3. The third-order valence-corrected chi connectivity index (χ3v) is 3.49. The average molecular weight is 324 g/mol. The lowest BCUT2D eigenvalue weighted by Gasteiger charge is -2.13. The summed E-state index contributed by atoms with van der Waals surface area (Å²) in [6.07, 6.45) is 1.86. The molecule has 1 aromatic rings. The fourth-order valence-corrected chi connectivity index (χ4v) is 2.54. The molecule has 0 N–H and O–H groups in total. The molecule has 1 atom stereocenters. The number of hydrogen-bond acceptors (Lipinski definition) is 4. The van der Waals surface area contributed by atoms with Gasteiger partial charge in [-0.25, -0.2) is 0 Å². The van der Waals surface area contributed by atoms with Crippen molar-refractivity contribution in [2.75, 3.05) is 12.4 Å². The maximum absolute atomic E-state index is 10.6. The Labute approximate surface area is 127 Å². The van der Waals surface area contributed by atoms with E-state index in [1.165, 1.54) is 12.1 Å². The summed E-state index contributed by atoms with van der Waals surface area (Å²) in [5, 5.41) is 10.9. The van der Waals surface area contributed by atoms with Crippen LogP contribution in [0, 0.1) is 16.0 Å². The molecule has 0 saturated heterocycles. The topological polar surface area (TPSA) is 52.4 Å². The average Bonchev–Trinajstić information content (AvgIpc) is 2.32. The SMILES string of the molecule is CC(CCS)CCOc1c(Cl)cc([N+](=O)[O-])cc1Cl. The molecule has 0 fully saturated rings. The van der Waals surface area contributed by atoms with E-state index in [1.807, 2.05) is 0 Å². The van der Waals surface area contributed by atoms with Crippen molar-refractivity contribution in [2.45, 2.75) is 19.8 Å². The molecule has 0 aromatic heterocycles. The second-order valence-electron chi connectivity index (χ2n) is 4.25. The third kappa shape index (κ3) is 5.09. The zero-order chi connectivity index (χ0) is 14.4. The maximum Gasteiger partial charge on any atom is 0.272 e. The summed E-state index contributed by atoms with van der Waals surface area (Å²) in [6.45, 7) is 2.57. The van der Waals surface area contributed by atoms with Crippen LogP contribution in [-0.4, -0.2) is 17.3 Å². The smallest absolute Gasteiger partial charge is 0.272 e. The van der Waals surface area contributed by atoms with Crippen LogP contribution in [0.2, 0.25) is 10.0 Å². The zero-order valence-electron chi connectivity index (χ0n) is 10.4. The van der Waals surface area contributed by atoms with Crippen molar-refractivity contribution in [2.24, 2.45) is 5.92 Å². The molecule has 0 saturated carbocycles. The molecule has 19 heavy (non-hydrogen) atoms. The van der Waals surface area contributed by atoms with Crippen LogP contribution in [0.4, 0.5) is 5.69 Å². The summed E-state index contributed by atoms with van der Waals surface area (Å²) in [4.78, 5) is 10.1. The van der Waals surface area contributed by atoms with E-state index in [2.05, 4.69) is 19.6 Å². The van der Waals surface area contributed by atoms with Crippen LogP contribution in [0.25, 0.3) is 0 Å². The van der Waals surface area contributed by atoms with Gasteiger partial charge in [0, 0.05) is 12.1 Å². The fraction of sp³-hybridized carbons (Fsp3) is 0.500. The summed E-state index contributed by atoms with van der Waals surface area (Å²) >= 11 is 16.0. The lowest BCUT2D eigenvalue weighted by Crippen LogP contribution is -2.05. The second kappa shape index (κ2) is 7.82. The Kier molecular flexibility index (Phi) is 6.75. The first kappa shape index (κ1) is 16.4. The van der Waals surface area contributed by atoms with Crippen LogP contribution in [-0.2, 0) is 0 Å². The molecule has 0 aliphatic heterocycles. The molecule has 1 unspecified atom stereocenters. The highest BCUT2D eigenvalue weighted by Crippen LogP contribution is 2.36. The zero-order valence-corrected chi connectivity index (χ0v) is 12.8. The van der Waals surface area contributed by atoms with Crippen molar-refractivity contribution in [3.8, 4) is 5.75 Å².